The lowest BCUT2D eigenvalue weighted by Gasteiger charge is -2.17. The Morgan fingerprint density at radius 1 is 1.19 bits per heavy atom. The van der Waals surface area contributed by atoms with Crippen LogP contribution in [0.2, 0.25) is 0 Å². The number of hydrogen-bond donors (Lipinski definition) is 1. The maximum absolute atomic E-state index is 12.6. The second-order valence-corrected chi connectivity index (χ2v) is 7.15. The van der Waals surface area contributed by atoms with E-state index in [1.54, 1.807) is 12.0 Å². The second kappa shape index (κ2) is 8.25. The number of nitrogens with one attached hydrogen (secondary N) is 1. The van der Waals surface area contributed by atoms with E-state index in [0.717, 1.165) is 34.5 Å². The number of aryl methyl sites for hydroxylation is 2. The van der Waals surface area contributed by atoms with Crippen molar-refractivity contribution in [2.75, 3.05) is 25.5 Å². The molecule has 5 heteroatoms. The van der Waals surface area contributed by atoms with Gasteiger partial charge in [-0.1, -0.05) is 29.8 Å². The Balaban J connectivity index is 1.55. The molecule has 2 aromatic rings. The lowest BCUT2D eigenvalue weighted by molar-refractivity contribution is -0.128. The van der Waals surface area contributed by atoms with E-state index in [4.69, 9.17) is 4.74 Å². The number of carbonyl (C=O) groups excluding carboxylic acids is 2. The van der Waals surface area contributed by atoms with Gasteiger partial charge in [0.25, 0.3) is 0 Å². The summed E-state index contributed by atoms with van der Waals surface area (Å²) in [6, 6.07) is 13.8. The fourth-order valence-electron chi connectivity index (χ4n) is 3.41. The average molecular weight is 366 g/mol. The number of anilines is 1. The Kier molecular flexibility index (Phi) is 5.79. The fourth-order valence-corrected chi connectivity index (χ4v) is 3.41. The van der Waals surface area contributed by atoms with Gasteiger partial charge in [-0.05, 0) is 49.6 Å². The van der Waals surface area contributed by atoms with Crippen molar-refractivity contribution < 1.29 is 14.3 Å². The topological polar surface area (TPSA) is 58.6 Å². The van der Waals surface area contributed by atoms with Crippen LogP contribution < -0.4 is 10.1 Å². The van der Waals surface area contributed by atoms with Crippen molar-refractivity contribution >= 4 is 17.5 Å². The smallest absolute Gasteiger partial charge is 0.229 e. The number of nitrogens with zero attached hydrogens (tertiary/aromatic N) is 1. The number of rotatable bonds is 6. The number of ether oxygens (including phenoxy) is 1. The quantitative estimate of drug-likeness (QED) is 0.853. The number of benzene rings is 2. The summed E-state index contributed by atoms with van der Waals surface area (Å²) < 4.78 is 5.16. The molecule has 0 aromatic heterocycles. The monoisotopic (exact) mass is 366 g/mol. The van der Waals surface area contributed by atoms with Gasteiger partial charge in [0.2, 0.25) is 11.8 Å². The SMILES string of the molecule is COc1ccc(CCN2CC(C(=O)Nc3ccc(C)cc3C)CC2=O)cc1. The summed E-state index contributed by atoms with van der Waals surface area (Å²) in [5.74, 6) is 0.486. The standard InChI is InChI=1S/C22H26N2O3/c1-15-4-9-20(16(2)12-15)23-22(26)18-13-21(25)24(14-18)11-10-17-5-7-19(27-3)8-6-17/h4-9,12,18H,10-11,13-14H2,1-3H3,(H,23,26). The third-order valence-electron chi connectivity index (χ3n) is 5.05. The summed E-state index contributed by atoms with van der Waals surface area (Å²) >= 11 is 0. The first-order chi connectivity index (χ1) is 13.0. The highest BCUT2D eigenvalue weighted by Gasteiger charge is 2.34. The van der Waals surface area contributed by atoms with Gasteiger partial charge < -0.3 is 15.0 Å². The van der Waals surface area contributed by atoms with E-state index in [0.29, 0.717) is 13.1 Å². The maximum atomic E-state index is 12.6. The van der Waals surface area contributed by atoms with Crippen LogP contribution in [-0.2, 0) is 16.0 Å². The summed E-state index contributed by atoms with van der Waals surface area (Å²) in [5, 5.41) is 2.98. The predicted molar refractivity (Wildman–Crippen MR) is 106 cm³/mol. The van der Waals surface area contributed by atoms with Gasteiger partial charge in [-0.2, -0.15) is 0 Å². The van der Waals surface area contributed by atoms with Crippen LogP contribution >= 0.6 is 0 Å². The Bertz CT molecular complexity index is 830. The number of methoxy groups -OCH3 is 1. The van der Waals surface area contributed by atoms with E-state index in [1.165, 1.54) is 0 Å². The molecule has 1 atom stereocenters. The van der Waals surface area contributed by atoms with Crippen molar-refractivity contribution in [2.45, 2.75) is 26.7 Å². The van der Waals surface area contributed by atoms with Gasteiger partial charge in [0.1, 0.15) is 5.75 Å². The van der Waals surface area contributed by atoms with Crippen LogP contribution in [0.1, 0.15) is 23.1 Å². The van der Waals surface area contributed by atoms with Gasteiger partial charge in [0.15, 0.2) is 0 Å². The van der Waals surface area contributed by atoms with Gasteiger partial charge in [0, 0.05) is 25.2 Å². The minimum absolute atomic E-state index is 0.0456. The molecule has 2 aromatic carbocycles. The predicted octanol–water partition coefficient (Wildman–Crippen LogP) is 3.34. The van der Waals surface area contributed by atoms with Crippen molar-refractivity contribution in [3.05, 3.63) is 59.2 Å². The van der Waals surface area contributed by atoms with Crippen LogP contribution in [0.3, 0.4) is 0 Å². The van der Waals surface area contributed by atoms with Crippen molar-refractivity contribution in [3.8, 4) is 5.75 Å². The van der Waals surface area contributed by atoms with Gasteiger partial charge >= 0.3 is 0 Å². The largest absolute Gasteiger partial charge is 0.497 e. The van der Waals surface area contributed by atoms with Crippen molar-refractivity contribution in [1.82, 2.24) is 4.90 Å². The van der Waals surface area contributed by atoms with Crippen LogP contribution in [0, 0.1) is 19.8 Å². The Morgan fingerprint density at radius 3 is 2.59 bits per heavy atom. The van der Waals surface area contributed by atoms with Crippen molar-refractivity contribution in [3.63, 3.8) is 0 Å². The van der Waals surface area contributed by atoms with E-state index < -0.39 is 0 Å². The zero-order valence-corrected chi connectivity index (χ0v) is 16.1. The molecule has 1 aliphatic heterocycles. The molecule has 142 valence electrons. The molecule has 0 aliphatic carbocycles. The van der Waals surface area contributed by atoms with Crippen LogP contribution in [0.25, 0.3) is 0 Å². The van der Waals surface area contributed by atoms with Crippen LogP contribution in [-0.4, -0.2) is 36.9 Å². The average Bonchev–Trinajstić information content (AvgIpc) is 3.03. The molecular weight excluding hydrogens is 340 g/mol. The van der Waals surface area contributed by atoms with Gasteiger partial charge in [-0.3, -0.25) is 9.59 Å². The number of hydrogen-bond acceptors (Lipinski definition) is 3. The molecule has 0 radical (unpaired) electrons. The molecule has 2 amide bonds. The normalized spacial score (nSPS) is 16.5. The Morgan fingerprint density at radius 2 is 1.93 bits per heavy atom. The van der Waals surface area contributed by atoms with Gasteiger partial charge in [-0.25, -0.2) is 0 Å². The minimum atomic E-state index is -0.297. The zero-order valence-electron chi connectivity index (χ0n) is 16.1. The molecule has 5 nitrogen and oxygen atoms in total. The third kappa shape index (κ3) is 4.67. The molecule has 1 N–H and O–H groups in total. The van der Waals surface area contributed by atoms with E-state index in [-0.39, 0.29) is 24.2 Å². The van der Waals surface area contributed by atoms with Crippen molar-refractivity contribution in [1.29, 1.82) is 0 Å². The molecule has 1 heterocycles. The summed E-state index contributed by atoms with van der Waals surface area (Å²) in [6.45, 7) is 5.10. The number of carbonyl (C=O) groups is 2. The molecule has 1 saturated heterocycles. The molecule has 0 bridgehead atoms. The second-order valence-electron chi connectivity index (χ2n) is 7.15. The van der Waals surface area contributed by atoms with Gasteiger partial charge in [-0.15, -0.1) is 0 Å². The lowest BCUT2D eigenvalue weighted by atomic mass is 10.1. The maximum Gasteiger partial charge on any atom is 0.229 e. The zero-order chi connectivity index (χ0) is 19.4. The number of likely N-dealkylation sites (tertiary alicyclic amines) is 1. The Labute approximate surface area is 160 Å². The first kappa shape index (κ1) is 19.0. The number of amides is 2. The lowest BCUT2D eigenvalue weighted by Crippen LogP contribution is -2.30. The molecule has 1 unspecified atom stereocenters. The summed E-state index contributed by atoms with van der Waals surface area (Å²) in [4.78, 5) is 26.7. The van der Waals surface area contributed by atoms with Crippen LogP contribution in [0.5, 0.6) is 5.75 Å². The highest BCUT2D eigenvalue weighted by atomic mass is 16.5. The molecular formula is C22H26N2O3. The molecule has 3 rings (SSSR count). The van der Waals surface area contributed by atoms with E-state index in [2.05, 4.69) is 5.32 Å². The van der Waals surface area contributed by atoms with E-state index in [1.807, 2.05) is 56.3 Å². The highest BCUT2D eigenvalue weighted by Crippen LogP contribution is 2.22. The molecule has 0 saturated carbocycles. The first-order valence-corrected chi connectivity index (χ1v) is 9.25. The molecule has 27 heavy (non-hydrogen) atoms. The van der Waals surface area contributed by atoms with E-state index in [9.17, 15) is 9.59 Å². The summed E-state index contributed by atoms with van der Waals surface area (Å²) in [5.41, 5.74) is 4.15. The summed E-state index contributed by atoms with van der Waals surface area (Å²) in [7, 11) is 1.64. The first-order valence-electron chi connectivity index (χ1n) is 9.25. The fraction of sp³-hybridized carbons (Fsp3) is 0.364. The van der Waals surface area contributed by atoms with Crippen LogP contribution in [0.15, 0.2) is 42.5 Å². The molecule has 1 aliphatic rings. The Hall–Kier alpha value is -2.82. The van der Waals surface area contributed by atoms with Gasteiger partial charge in [0.05, 0.1) is 13.0 Å². The third-order valence-corrected chi connectivity index (χ3v) is 5.05. The minimum Gasteiger partial charge on any atom is -0.497 e. The molecule has 1 fully saturated rings. The summed E-state index contributed by atoms with van der Waals surface area (Å²) in [6.07, 6.45) is 1.04. The highest BCUT2D eigenvalue weighted by molar-refractivity contribution is 5.97. The van der Waals surface area contributed by atoms with Crippen molar-refractivity contribution in [2.24, 2.45) is 5.92 Å². The van der Waals surface area contributed by atoms with Crippen LogP contribution in [0.4, 0.5) is 5.69 Å². The van der Waals surface area contributed by atoms with E-state index >= 15 is 0 Å². The molecule has 0 spiro atoms.